The lowest BCUT2D eigenvalue weighted by Crippen LogP contribution is -2.37. The molecule has 2 heteroatoms. The van der Waals surface area contributed by atoms with E-state index in [0.29, 0.717) is 16.9 Å². The van der Waals surface area contributed by atoms with Crippen LogP contribution in [0.2, 0.25) is 0 Å². The van der Waals surface area contributed by atoms with Crippen molar-refractivity contribution in [3.63, 3.8) is 0 Å². The van der Waals surface area contributed by atoms with E-state index in [1.54, 1.807) is 0 Å². The summed E-state index contributed by atoms with van der Waals surface area (Å²) in [4.78, 5) is 0. The van der Waals surface area contributed by atoms with E-state index in [2.05, 4.69) is 20.8 Å². The molecule has 0 radical (unpaired) electrons. The first-order valence-electron chi connectivity index (χ1n) is 6.03. The van der Waals surface area contributed by atoms with Crippen molar-refractivity contribution < 1.29 is 9.31 Å². The highest BCUT2D eigenvalue weighted by atomic mass is 16.5. The Hall–Kier alpha value is -0.530. The quantitative estimate of drug-likeness (QED) is 0.387. The van der Waals surface area contributed by atoms with Gasteiger partial charge in [-0.1, -0.05) is 20.8 Å². The first-order valence-corrected chi connectivity index (χ1v) is 6.03. The van der Waals surface area contributed by atoms with Crippen LogP contribution < -0.4 is 0 Å². The third-order valence-corrected chi connectivity index (χ3v) is 5.15. The number of fused-ring (bicyclic) bond motifs is 2. The molecule has 15 heavy (non-hydrogen) atoms. The average Bonchev–Trinajstić information content (AvgIpc) is 2.46. The molecule has 3 atom stereocenters. The highest BCUT2D eigenvalue weighted by Crippen LogP contribution is 2.66. The summed E-state index contributed by atoms with van der Waals surface area (Å²) in [6, 6.07) is 0. The predicted molar refractivity (Wildman–Crippen MR) is 62.3 cm³/mol. The molecule has 2 aliphatic carbocycles. The van der Waals surface area contributed by atoms with Crippen LogP contribution in [-0.2, 0) is 4.74 Å². The third kappa shape index (κ3) is 1.41. The Labute approximate surface area is 93.3 Å². The maximum atomic E-state index is 5.94. The van der Waals surface area contributed by atoms with Gasteiger partial charge >= 0.3 is 6.40 Å². The molecule has 2 saturated carbocycles. The van der Waals surface area contributed by atoms with Crippen molar-refractivity contribution in [3.8, 4) is 0 Å². The van der Waals surface area contributed by atoms with E-state index >= 15 is 0 Å². The van der Waals surface area contributed by atoms with Crippen molar-refractivity contribution in [1.29, 1.82) is 0 Å². The number of ether oxygens (including phenoxy) is 1. The molecule has 0 aromatic carbocycles. The zero-order valence-electron chi connectivity index (χ0n) is 10.7. The summed E-state index contributed by atoms with van der Waals surface area (Å²) in [5.41, 5.74) is 0.835. The molecule has 0 N–H and O–H groups in total. The first kappa shape index (κ1) is 11.0. The summed E-state index contributed by atoms with van der Waals surface area (Å²) in [6.07, 6.45) is 6.26. The monoisotopic (exact) mass is 210 g/mol. The molecule has 2 bridgehead atoms. The average molecular weight is 210 g/mol. The Morgan fingerprint density at radius 3 is 2.33 bits per heavy atom. The molecule has 1 unspecified atom stereocenters. The number of hydrogen-bond donors (Lipinski definition) is 0. The van der Waals surface area contributed by atoms with Gasteiger partial charge in [-0.15, -0.1) is 0 Å². The van der Waals surface area contributed by atoms with Gasteiger partial charge in [0, 0.05) is 5.41 Å². The van der Waals surface area contributed by atoms with Gasteiger partial charge in [0.15, 0.2) is 0 Å². The number of hydrogen-bond acceptors (Lipinski definition) is 1. The van der Waals surface area contributed by atoms with Crippen LogP contribution >= 0.6 is 0 Å². The Balaban J connectivity index is 2.16. The van der Waals surface area contributed by atoms with Crippen LogP contribution in [0.4, 0.5) is 0 Å². The highest BCUT2D eigenvalue weighted by molar-refractivity contribution is 5.40. The third-order valence-electron chi connectivity index (χ3n) is 5.15. The molecule has 2 aliphatic rings. The maximum Gasteiger partial charge on any atom is 0.323 e. The molecule has 0 saturated heterocycles. The molecule has 2 rings (SSSR count). The Morgan fingerprint density at radius 1 is 1.27 bits per heavy atom. The highest BCUT2D eigenvalue weighted by Gasteiger charge is 2.62. The largest absolute Gasteiger partial charge is 0.446 e. The Bertz CT molecular complexity index is 291. The topological polar surface area (TPSA) is 12.2 Å². The summed E-state index contributed by atoms with van der Waals surface area (Å²) in [6.45, 7) is 7.25. The zero-order chi connectivity index (χ0) is 11.3. The van der Waals surface area contributed by atoms with Crippen LogP contribution in [0.15, 0.2) is 0 Å². The van der Waals surface area contributed by atoms with Crippen LogP contribution in [0.5, 0.6) is 0 Å². The van der Waals surface area contributed by atoms with Crippen molar-refractivity contribution >= 4 is 6.40 Å². The van der Waals surface area contributed by atoms with Gasteiger partial charge in [-0.25, -0.2) is 4.58 Å². The van der Waals surface area contributed by atoms with Gasteiger partial charge in [-0.05, 0) is 30.6 Å². The Morgan fingerprint density at radius 2 is 1.93 bits per heavy atom. The maximum absolute atomic E-state index is 5.94. The van der Waals surface area contributed by atoms with Gasteiger partial charge in [-0.2, -0.15) is 0 Å². The predicted octanol–water partition coefficient (Wildman–Crippen LogP) is 2.52. The lowest BCUT2D eigenvalue weighted by molar-refractivity contribution is -0.469. The van der Waals surface area contributed by atoms with Crippen LogP contribution in [0.3, 0.4) is 0 Å². The van der Waals surface area contributed by atoms with E-state index in [1.807, 2.05) is 25.1 Å². The van der Waals surface area contributed by atoms with Crippen LogP contribution in [-0.4, -0.2) is 31.2 Å². The summed E-state index contributed by atoms with van der Waals surface area (Å²) >= 11 is 0. The molecular weight excluding hydrogens is 186 g/mol. The minimum absolute atomic E-state index is 0.379. The van der Waals surface area contributed by atoms with Gasteiger partial charge in [0.1, 0.15) is 20.2 Å². The normalized spacial score (nSPS) is 41.7. The minimum atomic E-state index is 0.379. The van der Waals surface area contributed by atoms with E-state index in [1.165, 1.54) is 19.3 Å². The molecule has 0 aromatic heterocycles. The van der Waals surface area contributed by atoms with Gasteiger partial charge in [0.2, 0.25) is 0 Å². The lowest BCUT2D eigenvalue weighted by atomic mass is 9.70. The number of rotatable bonds is 2. The van der Waals surface area contributed by atoms with E-state index in [9.17, 15) is 0 Å². The lowest BCUT2D eigenvalue weighted by Gasteiger charge is -2.37. The Kier molecular flexibility index (Phi) is 2.36. The molecule has 0 spiro atoms. The van der Waals surface area contributed by atoms with E-state index in [-0.39, 0.29) is 0 Å². The molecule has 86 valence electrons. The molecule has 0 aliphatic heterocycles. The molecule has 0 heterocycles. The minimum Gasteiger partial charge on any atom is -0.446 e. The fraction of sp³-hybridized carbons (Fsp3) is 0.923. The zero-order valence-corrected chi connectivity index (χ0v) is 10.7. The van der Waals surface area contributed by atoms with E-state index in [0.717, 1.165) is 5.92 Å². The second kappa shape index (κ2) is 3.23. The fourth-order valence-corrected chi connectivity index (χ4v) is 3.53. The molecule has 0 aromatic rings. The molecule has 0 amide bonds. The molecular formula is C13H24NO+. The van der Waals surface area contributed by atoms with Crippen LogP contribution in [0.25, 0.3) is 0 Å². The van der Waals surface area contributed by atoms with Crippen LogP contribution in [0.1, 0.15) is 40.0 Å². The van der Waals surface area contributed by atoms with Gasteiger partial charge in [0.05, 0.1) is 0 Å². The van der Waals surface area contributed by atoms with Gasteiger partial charge in [0.25, 0.3) is 0 Å². The van der Waals surface area contributed by atoms with Crippen molar-refractivity contribution in [2.24, 2.45) is 16.7 Å². The van der Waals surface area contributed by atoms with Crippen LogP contribution in [0, 0.1) is 16.7 Å². The summed E-state index contributed by atoms with van der Waals surface area (Å²) < 4.78 is 7.93. The molecule has 2 nitrogen and oxygen atoms in total. The van der Waals surface area contributed by atoms with Crippen molar-refractivity contribution in [1.82, 2.24) is 0 Å². The first-order chi connectivity index (χ1) is 6.88. The summed E-state index contributed by atoms with van der Waals surface area (Å²) in [5, 5.41) is 0. The fourth-order valence-electron chi connectivity index (χ4n) is 3.53. The van der Waals surface area contributed by atoms with Crippen molar-refractivity contribution in [3.05, 3.63) is 0 Å². The SMILES string of the molecule is C[N+](C)=COC1C[C@@H]2CC[C@@]1(C)C2(C)C. The van der Waals surface area contributed by atoms with E-state index < -0.39 is 0 Å². The summed E-state index contributed by atoms with van der Waals surface area (Å²) in [5.74, 6) is 0.864. The standard InChI is InChI=1S/C13H24NO/c1-12(2)10-6-7-13(12,3)11(8-10)15-9-14(4)5/h9-11H,6-8H2,1-5H3/q+1/t10-,11?,13+/m0/s1. The van der Waals surface area contributed by atoms with Crippen molar-refractivity contribution in [2.45, 2.75) is 46.1 Å². The van der Waals surface area contributed by atoms with Crippen molar-refractivity contribution in [2.75, 3.05) is 14.1 Å². The van der Waals surface area contributed by atoms with Gasteiger partial charge in [-0.3, -0.25) is 0 Å². The second-order valence-corrected chi connectivity index (χ2v) is 6.30. The van der Waals surface area contributed by atoms with Gasteiger partial charge < -0.3 is 4.74 Å². The molecule has 2 fully saturated rings. The summed E-state index contributed by atoms with van der Waals surface area (Å²) in [7, 11) is 4.03. The number of nitrogens with zero attached hydrogens (tertiary/aromatic N) is 1. The smallest absolute Gasteiger partial charge is 0.323 e. The second-order valence-electron chi connectivity index (χ2n) is 6.30. The van der Waals surface area contributed by atoms with E-state index in [4.69, 9.17) is 4.74 Å².